The fourth-order valence-electron chi connectivity index (χ4n) is 2.33. The van der Waals surface area contributed by atoms with Crippen LogP contribution in [0.15, 0.2) is 0 Å². The second kappa shape index (κ2) is 7.71. The van der Waals surface area contributed by atoms with Crippen molar-refractivity contribution in [1.82, 2.24) is 4.90 Å². The van der Waals surface area contributed by atoms with E-state index in [-0.39, 0.29) is 5.91 Å². The van der Waals surface area contributed by atoms with Gasteiger partial charge in [0.1, 0.15) is 0 Å². The highest BCUT2D eigenvalue weighted by Crippen LogP contribution is 2.31. The minimum absolute atomic E-state index is 0.163. The van der Waals surface area contributed by atoms with Crippen molar-refractivity contribution in [3.05, 3.63) is 0 Å². The summed E-state index contributed by atoms with van der Waals surface area (Å²) < 4.78 is 10.7. The van der Waals surface area contributed by atoms with Gasteiger partial charge in [0.05, 0.1) is 12.0 Å². The van der Waals surface area contributed by atoms with Crippen LogP contribution in [0.1, 0.15) is 26.7 Å². The van der Waals surface area contributed by atoms with Gasteiger partial charge in [-0.15, -0.1) is 0 Å². The van der Waals surface area contributed by atoms with E-state index in [4.69, 9.17) is 15.2 Å². The zero-order valence-electron chi connectivity index (χ0n) is 11.6. The minimum Gasteiger partial charge on any atom is -0.381 e. The van der Waals surface area contributed by atoms with Gasteiger partial charge < -0.3 is 20.1 Å². The van der Waals surface area contributed by atoms with Crippen molar-refractivity contribution in [2.24, 2.45) is 11.1 Å². The maximum Gasteiger partial charge on any atom is 0.230 e. The average molecular weight is 258 g/mol. The number of ether oxygens (including phenoxy) is 2. The molecule has 1 rings (SSSR count). The van der Waals surface area contributed by atoms with Crippen LogP contribution in [-0.2, 0) is 14.3 Å². The van der Waals surface area contributed by atoms with E-state index in [1.54, 1.807) is 0 Å². The summed E-state index contributed by atoms with van der Waals surface area (Å²) >= 11 is 0. The lowest BCUT2D eigenvalue weighted by atomic mass is 9.79. The van der Waals surface area contributed by atoms with Crippen LogP contribution in [0.2, 0.25) is 0 Å². The Hall–Kier alpha value is -0.650. The van der Waals surface area contributed by atoms with Gasteiger partial charge in [0.15, 0.2) is 0 Å². The highest BCUT2D eigenvalue weighted by atomic mass is 16.5. The molecule has 1 heterocycles. The molecule has 1 fully saturated rings. The van der Waals surface area contributed by atoms with Crippen molar-refractivity contribution >= 4 is 5.91 Å². The first-order chi connectivity index (χ1) is 8.70. The fourth-order valence-corrected chi connectivity index (χ4v) is 2.33. The molecule has 1 saturated heterocycles. The molecule has 0 spiro atoms. The van der Waals surface area contributed by atoms with Crippen LogP contribution in [0.5, 0.6) is 0 Å². The Balaban J connectivity index is 2.61. The topological polar surface area (TPSA) is 64.8 Å². The lowest BCUT2D eigenvalue weighted by Gasteiger charge is -2.38. The summed E-state index contributed by atoms with van der Waals surface area (Å²) in [4.78, 5) is 14.5. The standard InChI is InChI=1S/C13H26N2O3/c1-3-15(7-10-17-4-2)12(16)13(11-14)5-8-18-9-6-13/h3-11,14H2,1-2H3. The van der Waals surface area contributed by atoms with Gasteiger partial charge in [0.2, 0.25) is 5.91 Å². The van der Waals surface area contributed by atoms with Crippen LogP contribution in [0.25, 0.3) is 0 Å². The molecule has 0 aromatic carbocycles. The Morgan fingerprint density at radius 3 is 2.56 bits per heavy atom. The lowest BCUT2D eigenvalue weighted by molar-refractivity contribution is -0.147. The number of hydrogen-bond acceptors (Lipinski definition) is 4. The first-order valence-electron chi connectivity index (χ1n) is 6.85. The van der Waals surface area contributed by atoms with Gasteiger partial charge in [-0.05, 0) is 26.7 Å². The van der Waals surface area contributed by atoms with Crippen LogP contribution in [-0.4, -0.2) is 56.9 Å². The summed E-state index contributed by atoms with van der Waals surface area (Å²) in [6.07, 6.45) is 1.46. The summed E-state index contributed by atoms with van der Waals surface area (Å²) in [7, 11) is 0. The van der Waals surface area contributed by atoms with Crippen molar-refractivity contribution in [1.29, 1.82) is 0 Å². The molecule has 0 saturated carbocycles. The Kier molecular flexibility index (Phi) is 6.60. The molecule has 0 atom stereocenters. The molecule has 18 heavy (non-hydrogen) atoms. The molecule has 0 aromatic heterocycles. The van der Waals surface area contributed by atoms with E-state index in [0.717, 1.165) is 12.8 Å². The highest BCUT2D eigenvalue weighted by molar-refractivity contribution is 5.83. The maximum atomic E-state index is 12.6. The highest BCUT2D eigenvalue weighted by Gasteiger charge is 2.40. The van der Waals surface area contributed by atoms with E-state index >= 15 is 0 Å². The van der Waals surface area contributed by atoms with E-state index in [9.17, 15) is 4.79 Å². The van der Waals surface area contributed by atoms with E-state index < -0.39 is 5.41 Å². The number of carbonyl (C=O) groups is 1. The summed E-state index contributed by atoms with van der Waals surface area (Å²) in [5.41, 5.74) is 5.44. The Morgan fingerprint density at radius 1 is 1.39 bits per heavy atom. The first-order valence-corrected chi connectivity index (χ1v) is 6.85. The molecule has 1 amide bonds. The largest absolute Gasteiger partial charge is 0.381 e. The fraction of sp³-hybridized carbons (Fsp3) is 0.923. The van der Waals surface area contributed by atoms with Gasteiger partial charge in [-0.2, -0.15) is 0 Å². The number of rotatable bonds is 7. The molecule has 0 unspecified atom stereocenters. The second-order valence-electron chi connectivity index (χ2n) is 4.68. The third kappa shape index (κ3) is 3.67. The van der Waals surface area contributed by atoms with Crippen molar-refractivity contribution in [2.75, 3.05) is 46.1 Å². The number of likely N-dealkylation sites (N-methyl/N-ethyl adjacent to an activating group) is 1. The van der Waals surface area contributed by atoms with Gasteiger partial charge in [-0.1, -0.05) is 0 Å². The third-order valence-corrected chi connectivity index (χ3v) is 3.67. The number of carbonyl (C=O) groups excluding carboxylic acids is 1. The van der Waals surface area contributed by atoms with E-state index in [1.807, 2.05) is 18.7 Å². The molecule has 5 nitrogen and oxygen atoms in total. The zero-order chi connectivity index (χ0) is 13.4. The lowest BCUT2D eigenvalue weighted by Crippen LogP contribution is -2.51. The third-order valence-electron chi connectivity index (χ3n) is 3.67. The minimum atomic E-state index is -0.416. The SMILES string of the molecule is CCOCCN(CC)C(=O)C1(CN)CCOCC1. The second-order valence-corrected chi connectivity index (χ2v) is 4.68. The van der Waals surface area contributed by atoms with E-state index in [2.05, 4.69) is 0 Å². The molecular formula is C13H26N2O3. The molecule has 106 valence electrons. The maximum absolute atomic E-state index is 12.6. The van der Waals surface area contributed by atoms with Gasteiger partial charge in [-0.3, -0.25) is 4.79 Å². The molecule has 0 bridgehead atoms. The van der Waals surface area contributed by atoms with Crippen LogP contribution in [0.3, 0.4) is 0 Å². The molecular weight excluding hydrogens is 232 g/mol. The summed E-state index contributed by atoms with van der Waals surface area (Å²) in [6, 6.07) is 0. The van der Waals surface area contributed by atoms with Crippen molar-refractivity contribution in [3.63, 3.8) is 0 Å². The van der Waals surface area contributed by atoms with E-state index in [1.165, 1.54) is 0 Å². The molecule has 0 aromatic rings. The van der Waals surface area contributed by atoms with Gasteiger partial charge in [0, 0.05) is 39.5 Å². The van der Waals surface area contributed by atoms with Gasteiger partial charge in [0.25, 0.3) is 0 Å². The van der Waals surface area contributed by atoms with Gasteiger partial charge >= 0.3 is 0 Å². The summed E-state index contributed by atoms with van der Waals surface area (Å²) in [5, 5.41) is 0. The average Bonchev–Trinajstić information content (AvgIpc) is 2.44. The smallest absolute Gasteiger partial charge is 0.230 e. The van der Waals surface area contributed by atoms with Crippen LogP contribution >= 0.6 is 0 Å². The predicted octanol–water partition coefficient (Wildman–Crippen LogP) is 0.627. The van der Waals surface area contributed by atoms with Crippen molar-refractivity contribution in [3.8, 4) is 0 Å². The number of nitrogens with zero attached hydrogens (tertiary/aromatic N) is 1. The number of amides is 1. The van der Waals surface area contributed by atoms with E-state index in [0.29, 0.717) is 46.1 Å². The molecule has 1 aliphatic rings. The molecule has 1 aliphatic heterocycles. The summed E-state index contributed by atoms with van der Waals surface area (Å²) in [6.45, 7) is 8.23. The van der Waals surface area contributed by atoms with Gasteiger partial charge in [-0.25, -0.2) is 0 Å². The van der Waals surface area contributed by atoms with Crippen LogP contribution < -0.4 is 5.73 Å². The monoisotopic (exact) mass is 258 g/mol. The Bertz CT molecular complexity index is 253. The molecule has 0 radical (unpaired) electrons. The van der Waals surface area contributed by atoms with Crippen molar-refractivity contribution in [2.45, 2.75) is 26.7 Å². The van der Waals surface area contributed by atoms with Crippen molar-refractivity contribution < 1.29 is 14.3 Å². The van der Waals surface area contributed by atoms with Crippen LogP contribution in [0.4, 0.5) is 0 Å². The van der Waals surface area contributed by atoms with Crippen LogP contribution in [0, 0.1) is 5.41 Å². The predicted molar refractivity (Wildman–Crippen MR) is 70.3 cm³/mol. The Morgan fingerprint density at radius 2 is 2.06 bits per heavy atom. The first kappa shape index (κ1) is 15.4. The molecule has 5 heteroatoms. The number of hydrogen-bond donors (Lipinski definition) is 1. The normalized spacial score (nSPS) is 18.6. The number of nitrogens with two attached hydrogens (primary N) is 1. The zero-order valence-corrected chi connectivity index (χ0v) is 11.6. The summed E-state index contributed by atoms with van der Waals surface area (Å²) in [5.74, 6) is 0.163. The molecule has 2 N–H and O–H groups in total. The Labute approximate surface area is 110 Å². The molecule has 0 aliphatic carbocycles. The quantitative estimate of drug-likeness (QED) is 0.680.